The van der Waals surface area contributed by atoms with Crippen molar-refractivity contribution < 1.29 is 9.13 Å². The van der Waals surface area contributed by atoms with Gasteiger partial charge >= 0.3 is 0 Å². The molecular weight excluding hydrogens is 305 g/mol. The van der Waals surface area contributed by atoms with E-state index in [0.29, 0.717) is 17.1 Å². The molecule has 3 aromatic rings. The molecule has 0 radical (unpaired) electrons. The fraction of sp³-hybridized carbons (Fsp3) is 0.0625. The molecule has 0 atom stereocenters. The van der Waals surface area contributed by atoms with Crippen LogP contribution in [0.1, 0.15) is 0 Å². The molecule has 0 saturated carbocycles. The molecule has 4 nitrogen and oxygen atoms in total. The number of ether oxygens (including phenoxy) is 1. The van der Waals surface area contributed by atoms with Gasteiger partial charge in [-0.1, -0.05) is 11.6 Å². The molecule has 0 fully saturated rings. The molecule has 22 heavy (non-hydrogen) atoms. The zero-order valence-corrected chi connectivity index (χ0v) is 12.5. The minimum Gasteiger partial charge on any atom is -0.495 e. The van der Waals surface area contributed by atoms with Crippen LogP contribution in [0.3, 0.4) is 0 Å². The van der Waals surface area contributed by atoms with Gasteiger partial charge in [0.2, 0.25) is 0 Å². The molecule has 1 heterocycles. The molecular formula is C16H13ClFN3O. The number of nitrogens with one attached hydrogen (secondary N) is 1. The van der Waals surface area contributed by atoms with Crippen LogP contribution in [0.4, 0.5) is 21.5 Å². The summed E-state index contributed by atoms with van der Waals surface area (Å²) in [6.45, 7) is 0. The van der Waals surface area contributed by atoms with Crippen molar-refractivity contribution in [2.75, 3.05) is 18.2 Å². The molecule has 3 N–H and O–H groups in total. The van der Waals surface area contributed by atoms with Gasteiger partial charge in [0.15, 0.2) is 0 Å². The number of fused-ring (bicyclic) bond motifs is 1. The second kappa shape index (κ2) is 5.69. The Kier molecular flexibility index (Phi) is 3.73. The van der Waals surface area contributed by atoms with Crippen LogP contribution in [-0.4, -0.2) is 12.1 Å². The van der Waals surface area contributed by atoms with Gasteiger partial charge in [0.05, 0.1) is 23.3 Å². The molecule has 0 aliphatic rings. The zero-order valence-electron chi connectivity index (χ0n) is 11.7. The number of nitrogens with zero attached hydrogens (tertiary/aromatic N) is 1. The Bertz CT molecular complexity index is 854. The Morgan fingerprint density at radius 3 is 2.77 bits per heavy atom. The van der Waals surface area contributed by atoms with Crippen LogP contribution < -0.4 is 15.8 Å². The molecule has 2 aromatic carbocycles. The van der Waals surface area contributed by atoms with Gasteiger partial charge in [0.25, 0.3) is 0 Å². The van der Waals surface area contributed by atoms with Crippen LogP contribution in [0.5, 0.6) is 5.75 Å². The summed E-state index contributed by atoms with van der Waals surface area (Å²) in [4.78, 5) is 4.30. The van der Waals surface area contributed by atoms with E-state index >= 15 is 0 Å². The van der Waals surface area contributed by atoms with E-state index in [2.05, 4.69) is 10.3 Å². The SMILES string of the molecule is COc1cc2nccc(Nc3ccc(F)c(Cl)c3)c2cc1N. The zero-order chi connectivity index (χ0) is 15.7. The Morgan fingerprint density at radius 2 is 2.05 bits per heavy atom. The highest BCUT2D eigenvalue weighted by Gasteiger charge is 2.08. The molecule has 0 unspecified atom stereocenters. The number of hydrogen-bond acceptors (Lipinski definition) is 4. The van der Waals surface area contributed by atoms with Gasteiger partial charge in [-0.2, -0.15) is 0 Å². The van der Waals surface area contributed by atoms with Crippen molar-refractivity contribution in [3.63, 3.8) is 0 Å². The third-order valence-electron chi connectivity index (χ3n) is 3.29. The van der Waals surface area contributed by atoms with Gasteiger partial charge in [-0.15, -0.1) is 0 Å². The Hall–Kier alpha value is -2.53. The maximum atomic E-state index is 13.2. The maximum absolute atomic E-state index is 13.2. The quantitative estimate of drug-likeness (QED) is 0.705. The molecule has 1 aromatic heterocycles. The molecule has 0 bridgehead atoms. The minimum absolute atomic E-state index is 0.0598. The second-order valence-corrected chi connectivity index (χ2v) is 5.13. The first-order chi connectivity index (χ1) is 10.6. The molecule has 0 aliphatic heterocycles. The van der Waals surface area contributed by atoms with E-state index in [4.69, 9.17) is 22.1 Å². The van der Waals surface area contributed by atoms with E-state index in [-0.39, 0.29) is 5.02 Å². The molecule has 3 rings (SSSR count). The van der Waals surface area contributed by atoms with E-state index in [9.17, 15) is 4.39 Å². The molecule has 0 amide bonds. The Balaban J connectivity index is 2.06. The van der Waals surface area contributed by atoms with E-state index in [1.165, 1.54) is 12.1 Å². The third kappa shape index (κ3) is 2.63. The lowest BCUT2D eigenvalue weighted by molar-refractivity contribution is 0.417. The van der Waals surface area contributed by atoms with Crippen LogP contribution in [0, 0.1) is 5.82 Å². The highest BCUT2D eigenvalue weighted by Crippen LogP contribution is 2.32. The van der Waals surface area contributed by atoms with Crippen molar-refractivity contribution in [3.8, 4) is 5.75 Å². The van der Waals surface area contributed by atoms with Gasteiger partial charge in [-0.05, 0) is 30.3 Å². The molecule has 0 aliphatic carbocycles. The van der Waals surface area contributed by atoms with Crippen molar-refractivity contribution in [2.45, 2.75) is 0 Å². The number of rotatable bonds is 3. The summed E-state index contributed by atoms with van der Waals surface area (Å²) in [7, 11) is 1.56. The van der Waals surface area contributed by atoms with Crippen LogP contribution in [-0.2, 0) is 0 Å². The number of anilines is 3. The van der Waals surface area contributed by atoms with Crippen molar-refractivity contribution in [1.29, 1.82) is 0 Å². The van der Waals surface area contributed by atoms with E-state index in [0.717, 1.165) is 16.6 Å². The van der Waals surface area contributed by atoms with Crippen LogP contribution >= 0.6 is 11.6 Å². The smallest absolute Gasteiger partial charge is 0.143 e. The number of aromatic nitrogens is 1. The molecule has 112 valence electrons. The van der Waals surface area contributed by atoms with Gasteiger partial charge < -0.3 is 15.8 Å². The van der Waals surface area contributed by atoms with Crippen LogP contribution in [0.2, 0.25) is 5.02 Å². The number of pyridine rings is 1. The lowest BCUT2D eigenvalue weighted by Gasteiger charge is -2.12. The number of hydrogen-bond donors (Lipinski definition) is 2. The topological polar surface area (TPSA) is 60.2 Å². The first-order valence-electron chi connectivity index (χ1n) is 6.53. The summed E-state index contributed by atoms with van der Waals surface area (Å²) in [5, 5.41) is 4.09. The lowest BCUT2D eigenvalue weighted by Crippen LogP contribution is -1.96. The van der Waals surface area contributed by atoms with Crippen molar-refractivity contribution in [2.24, 2.45) is 0 Å². The average Bonchev–Trinajstić information content (AvgIpc) is 2.51. The summed E-state index contributed by atoms with van der Waals surface area (Å²) >= 11 is 5.80. The summed E-state index contributed by atoms with van der Waals surface area (Å²) < 4.78 is 18.4. The largest absolute Gasteiger partial charge is 0.495 e. The Labute approximate surface area is 131 Å². The van der Waals surface area contributed by atoms with Crippen LogP contribution in [0.25, 0.3) is 10.9 Å². The number of methoxy groups -OCH3 is 1. The summed E-state index contributed by atoms with van der Waals surface area (Å²) in [5.74, 6) is 0.114. The van der Waals surface area contributed by atoms with Gasteiger partial charge in [-0.25, -0.2) is 4.39 Å². The Morgan fingerprint density at radius 1 is 1.23 bits per heavy atom. The van der Waals surface area contributed by atoms with Crippen molar-refractivity contribution in [1.82, 2.24) is 4.98 Å². The van der Waals surface area contributed by atoms with Crippen molar-refractivity contribution in [3.05, 3.63) is 53.4 Å². The monoisotopic (exact) mass is 317 g/mol. The van der Waals surface area contributed by atoms with Gasteiger partial charge in [0.1, 0.15) is 11.6 Å². The van der Waals surface area contributed by atoms with Gasteiger partial charge in [0, 0.05) is 29.0 Å². The summed E-state index contributed by atoms with van der Waals surface area (Å²) in [6.07, 6.45) is 1.67. The van der Waals surface area contributed by atoms with E-state index < -0.39 is 5.82 Å². The fourth-order valence-electron chi connectivity index (χ4n) is 2.21. The summed E-state index contributed by atoms with van der Waals surface area (Å²) in [6, 6.07) is 9.81. The highest BCUT2D eigenvalue weighted by atomic mass is 35.5. The predicted octanol–water partition coefficient (Wildman–Crippen LogP) is 4.36. The highest BCUT2D eigenvalue weighted by molar-refractivity contribution is 6.31. The minimum atomic E-state index is -0.458. The lowest BCUT2D eigenvalue weighted by atomic mass is 10.1. The number of halogens is 2. The normalized spacial score (nSPS) is 10.7. The third-order valence-corrected chi connectivity index (χ3v) is 3.58. The van der Waals surface area contributed by atoms with Gasteiger partial charge in [-0.3, -0.25) is 4.98 Å². The number of benzene rings is 2. The van der Waals surface area contributed by atoms with E-state index in [1.807, 2.05) is 6.07 Å². The van der Waals surface area contributed by atoms with Crippen LogP contribution in [0.15, 0.2) is 42.6 Å². The standard InChI is InChI=1S/C16H13ClFN3O/c1-22-16-8-15-10(7-13(16)19)14(4-5-20-15)21-9-2-3-12(18)11(17)6-9/h2-8H,19H2,1H3,(H,20,21). The fourth-order valence-corrected chi connectivity index (χ4v) is 2.39. The average molecular weight is 318 g/mol. The second-order valence-electron chi connectivity index (χ2n) is 4.72. The maximum Gasteiger partial charge on any atom is 0.143 e. The summed E-state index contributed by atoms with van der Waals surface area (Å²) in [5.41, 5.74) is 8.68. The molecule has 0 spiro atoms. The predicted molar refractivity (Wildman–Crippen MR) is 87.4 cm³/mol. The molecule has 0 saturated heterocycles. The number of nitrogen functional groups attached to an aromatic ring is 1. The molecule has 6 heteroatoms. The first kappa shape index (κ1) is 14.4. The van der Waals surface area contributed by atoms with Crippen molar-refractivity contribution >= 4 is 39.6 Å². The number of nitrogens with two attached hydrogens (primary N) is 1. The van der Waals surface area contributed by atoms with E-state index in [1.54, 1.807) is 31.5 Å². The first-order valence-corrected chi connectivity index (χ1v) is 6.90.